The molecule has 0 bridgehead atoms. The van der Waals surface area contributed by atoms with Crippen LogP contribution in [0.25, 0.3) is 0 Å². The molecule has 0 aliphatic carbocycles. The average molecular weight is 405 g/mol. The van der Waals surface area contributed by atoms with E-state index in [2.05, 4.69) is 8.67 Å². The first-order valence-electron chi connectivity index (χ1n) is 2.54. The molecule has 0 heterocycles. The van der Waals surface area contributed by atoms with Gasteiger partial charge in [0.25, 0.3) is 11.4 Å². The molecular weight excluding hydrogens is 400 g/mol. The fourth-order valence-electron chi connectivity index (χ4n) is 0.0702. The van der Waals surface area contributed by atoms with Crippen LogP contribution in [-0.4, -0.2) is 43.5 Å². The van der Waals surface area contributed by atoms with Crippen LogP contribution in [0.1, 0.15) is 0 Å². The van der Waals surface area contributed by atoms with Crippen molar-refractivity contribution in [3.05, 3.63) is 0 Å². The number of rotatable bonds is 3. The quantitative estimate of drug-likeness (QED) is 0.128. The van der Waals surface area contributed by atoms with Crippen molar-refractivity contribution in [3.8, 4) is 0 Å². The lowest BCUT2D eigenvalue weighted by Gasteiger charge is -1.92. The summed E-state index contributed by atoms with van der Waals surface area (Å²) in [6.07, 6.45) is 0. The summed E-state index contributed by atoms with van der Waals surface area (Å²) in [7, 11) is -10.0. The van der Waals surface area contributed by atoms with E-state index in [1.165, 1.54) is 0 Å². The van der Waals surface area contributed by atoms with Crippen LogP contribution in [0.15, 0.2) is 0 Å². The Morgan fingerprint density at radius 2 is 1.06 bits per heavy atom. The molecular formula is H5BrO14S3. The third kappa shape index (κ3) is 72.4. The van der Waals surface area contributed by atoms with Crippen molar-refractivity contribution in [2.24, 2.45) is 0 Å². The Kier molecular flexibility index (Phi) is 14.3. The van der Waals surface area contributed by atoms with E-state index in [4.69, 9.17) is 35.0 Å². The van der Waals surface area contributed by atoms with Gasteiger partial charge in [0.15, 0.2) is 0 Å². The van der Waals surface area contributed by atoms with Crippen LogP contribution >= 0.6 is 0 Å². The third-order valence-corrected chi connectivity index (χ3v) is 0.766. The Bertz CT molecular complexity index is 360. The molecule has 14 nitrogen and oxygen atoms in total. The van der Waals surface area contributed by atoms with Gasteiger partial charge in [0.05, 0.1) is 0 Å². The molecule has 0 aromatic heterocycles. The second kappa shape index (κ2) is 11.0. The topological polar surface area (TPSA) is 251 Å². The molecule has 5 N–H and O–H groups in total. The summed E-state index contributed by atoms with van der Waals surface area (Å²) in [4.78, 5) is 0. The Balaban J connectivity index is -0.000000233. The number of halogens is 1. The summed E-state index contributed by atoms with van der Waals surface area (Å²) in [6.45, 7) is 0. The highest BCUT2D eigenvalue weighted by atomic mass is 80.0. The zero-order chi connectivity index (χ0) is 15.6. The second-order valence-corrected chi connectivity index (χ2v) is 4.71. The number of hydrogen-bond acceptors (Lipinski definition) is 10. The molecule has 18 heavy (non-hydrogen) atoms. The average Bonchev–Trinajstić information content (AvgIpc) is 1.95. The molecule has 0 fully saturated rings. The largest absolute Gasteiger partial charge is 0.433 e. The highest BCUT2D eigenvalue weighted by Gasteiger charge is 2.13. The molecule has 0 saturated carbocycles. The highest BCUT2D eigenvalue weighted by Crippen LogP contribution is 1.92. The van der Waals surface area contributed by atoms with E-state index >= 15 is 0 Å². The van der Waals surface area contributed by atoms with Crippen molar-refractivity contribution < 1.29 is 75.3 Å². The smallest absolute Gasteiger partial charge is 0.372 e. The predicted molar refractivity (Wildman–Crippen MR) is 40.9 cm³/mol. The summed E-state index contributed by atoms with van der Waals surface area (Å²) in [5.41, 5.74) is 0. The van der Waals surface area contributed by atoms with Gasteiger partial charge in [0.2, 0.25) is 0 Å². The fourth-order valence-corrected chi connectivity index (χ4v) is 0.632. The first kappa shape index (κ1) is 23.3. The lowest BCUT2D eigenvalue weighted by Crippen LogP contribution is -2.30. The van der Waals surface area contributed by atoms with Gasteiger partial charge >= 0.3 is 35.6 Å². The zero-order valence-electron chi connectivity index (χ0n) is 7.51. The summed E-state index contributed by atoms with van der Waals surface area (Å²) in [5, 5.41) is 0. The molecule has 0 rings (SSSR count). The highest BCUT2D eigenvalue weighted by molar-refractivity contribution is 7.83. The van der Waals surface area contributed by atoms with E-state index in [0.717, 1.165) is 0 Å². The lowest BCUT2D eigenvalue weighted by molar-refractivity contribution is -1.63. The predicted octanol–water partition coefficient (Wildman–Crippen LogP) is -4.71. The maximum Gasteiger partial charge on any atom is 0.433 e. The molecule has 0 spiro atoms. The molecule has 18 heteroatoms. The van der Waals surface area contributed by atoms with Crippen LogP contribution in [0, 0.1) is 14.8 Å². The van der Waals surface area contributed by atoms with E-state index in [1.807, 2.05) is 0 Å². The third-order valence-electron chi connectivity index (χ3n) is 0.200. The van der Waals surface area contributed by atoms with Crippen LogP contribution in [0.4, 0.5) is 0 Å². The van der Waals surface area contributed by atoms with E-state index in [1.54, 1.807) is 0 Å². The molecule has 0 atom stereocenters. The summed E-state index contributed by atoms with van der Waals surface area (Å²) >= 11 is -6.01. The standard InChI is InChI=1S/BrHO3.H2O8S2.H2O3S/c2-1(3)4;1-9(2,3)7-8-10(4,5)6;1-4(2)3/h2H;(H,1,2,3)(H,4,5,6);(H2,1,2,3). The van der Waals surface area contributed by atoms with Gasteiger partial charge in [0, 0.05) is 0 Å². The van der Waals surface area contributed by atoms with Gasteiger partial charge < -0.3 is 8.40 Å². The molecule has 114 valence electrons. The maximum absolute atomic E-state index is 9.51. The fraction of sp³-hybridized carbons (Fsp3) is 0. The van der Waals surface area contributed by atoms with Gasteiger partial charge in [-0.25, -0.2) is 0 Å². The van der Waals surface area contributed by atoms with E-state index in [9.17, 15) is 16.8 Å². The first-order chi connectivity index (χ1) is 7.67. The van der Waals surface area contributed by atoms with Crippen LogP contribution in [-0.2, 0) is 40.8 Å². The van der Waals surface area contributed by atoms with E-state index < -0.39 is 47.0 Å². The molecule has 0 aromatic carbocycles. The molecule has 0 unspecified atom stereocenters. The van der Waals surface area contributed by atoms with E-state index in [-0.39, 0.29) is 0 Å². The minimum atomic E-state index is -5.02. The Labute approximate surface area is 108 Å². The molecule has 0 saturated heterocycles. The van der Waals surface area contributed by atoms with Gasteiger partial charge in [-0.2, -0.15) is 21.0 Å². The van der Waals surface area contributed by atoms with Crippen LogP contribution in [0.2, 0.25) is 0 Å². The second-order valence-electron chi connectivity index (χ2n) is 1.42. The Morgan fingerprint density at radius 1 is 0.944 bits per heavy atom. The van der Waals surface area contributed by atoms with E-state index in [0.29, 0.717) is 0 Å². The van der Waals surface area contributed by atoms with Crippen molar-refractivity contribution in [1.29, 1.82) is 0 Å². The first-order valence-corrected chi connectivity index (χ1v) is 8.34. The minimum absolute atomic E-state index is 2.61. The van der Waals surface area contributed by atoms with Crippen molar-refractivity contribution in [2.45, 2.75) is 0 Å². The Morgan fingerprint density at radius 3 is 1.11 bits per heavy atom. The molecule has 0 aliphatic heterocycles. The molecule has 0 radical (unpaired) electrons. The SMILES string of the molecule is O=S(=O)(O)OOS(=O)(=O)O.O=S(O)O.[O-][Br+2]([O-])O. The maximum atomic E-state index is 9.51. The Hall–Kier alpha value is 0.170. The lowest BCUT2D eigenvalue weighted by atomic mass is 14.9. The number of hydrogen-bond donors (Lipinski definition) is 5. The van der Waals surface area contributed by atoms with Crippen molar-refractivity contribution >= 4 is 32.2 Å². The van der Waals surface area contributed by atoms with Crippen LogP contribution < -0.4 is 8.40 Å². The minimum Gasteiger partial charge on any atom is -0.372 e. The monoisotopic (exact) mass is 404 g/mol. The summed E-state index contributed by atoms with van der Waals surface area (Å²) in [6, 6.07) is 0. The van der Waals surface area contributed by atoms with Crippen LogP contribution in [0.5, 0.6) is 0 Å². The zero-order valence-corrected chi connectivity index (χ0v) is 11.5. The van der Waals surface area contributed by atoms with Gasteiger partial charge in [-0.3, -0.25) is 18.2 Å². The molecule has 0 amide bonds. The molecule has 0 aromatic rings. The summed E-state index contributed by atoms with van der Waals surface area (Å²) in [5.74, 6) is 0. The van der Waals surface area contributed by atoms with Gasteiger partial charge in [-0.05, 0) is 4.20 Å². The van der Waals surface area contributed by atoms with Crippen molar-refractivity contribution in [3.63, 3.8) is 0 Å². The van der Waals surface area contributed by atoms with Crippen LogP contribution in [0.3, 0.4) is 0 Å². The summed E-state index contributed by atoms with van der Waals surface area (Å²) < 4.78 is 106. The molecule has 0 aliphatic rings. The van der Waals surface area contributed by atoms with Gasteiger partial charge in [-0.1, -0.05) is 8.67 Å². The van der Waals surface area contributed by atoms with Crippen molar-refractivity contribution in [2.75, 3.05) is 0 Å². The van der Waals surface area contributed by atoms with Crippen molar-refractivity contribution in [1.82, 2.24) is 0 Å². The van der Waals surface area contributed by atoms with Gasteiger partial charge in [0.1, 0.15) is 0 Å². The van der Waals surface area contributed by atoms with Gasteiger partial charge in [-0.15, -0.1) is 0 Å². The normalized spacial score (nSPS) is 11.4.